The van der Waals surface area contributed by atoms with Gasteiger partial charge in [-0.15, -0.1) is 0 Å². The van der Waals surface area contributed by atoms with Crippen LogP contribution < -0.4 is 15.8 Å². The molecule has 2 aromatic heterocycles. The first-order chi connectivity index (χ1) is 29.5. The van der Waals surface area contributed by atoms with Gasteiger partial charge in [0.15, 0.2) is 0 Å². The van der Waals surface area contributed by atoms with Crippen molar-refractivity contribution in [3.8, 4) is 11.1 Å². The van der Waals surface area contributed by atoms with Gasteiger partial charge in [0.05, 0.1) is 0 Å². The van der Waals surface area contributed by atoms with Crippen molar-refractivity contribution < 1.29 is 4.42 Å². The molecule has 0 saturated carbocycles. The van der Waals surface area contributed by atoms with Gasteiger partial charge < -0.3 is 13.8 Å². The number of furan rings is 1. The average Bonchev–Trinajstić information content (AvgIpc) is 3.71. The topological polar surface area (TPSA) is 21.3 Å². The minimum Gasteiger partial charge on any atom is -0.455 e. The second-order valence-electron chi connectivity index (χ2n) is 25.7. The van der Waals surface area contributed by atoms with Crippen LogP contribution in [-0.4, -0.2) is 11.3 Å². The van der Waals surface area contributed by atoms with Crippen molar-refractivity contribution in [2.75, 3.05) is 4.90 Å². The van der Waals surface area contributed by atoms with Crippen molar-refractivity contribution >= 4 is 78.6 Å². The van der Waals surface area contributed by atoms with Crippen molar-refractivity contribution in [3.63, 3.8) is 0 Å². The normalized spacial score (nSPS) is 14.7. The number of fused-ring (bicyclic) bond motifs is 11. The van der Waals surface area contributed by atoms with Gasteiger partial charge in [-0.25, -0.2) is 0 Å². The highest BCUT2D eigenvalue weighted by Crippen LogP contribution is 2.52. The molecule has 0 spiro atoms. The molecule has 4 heteroatoms. The summed E-state index contributed by atoms with van der Waals surface area (Å²) in [5, 5.41) is 4.99. The fourth-order valence-electron chi connectivity index (χ4n) is 10.5. The molecule has 10 rings (SSSR count). The van der Waals surface area contributed by atoms with E-state index in [9.17, 15) is 0 Å². The van der Waals surface area contributed by atoms with Gasteiger partial charge in [0.1, 0.15) is 11.2 Å². The summed E-state index contributed by atoms with van der Waals surface area (Å²) in [6.07, 6.45) is 0. The van der Waals surface area contributed by atoms with E-state index in [0.717, 1.165) is 11.2 Å². The molecular formula is C60H69BN2O. The van der Waals surface area contributed by atoms with Gasteiger partial charge in [-0.3, -0.25) is 0 Å². The molecule has 0 bridgehead atoms. The first kappa shape index (κ1) is 42.7. The van der Waals surface area contributed by atoms with Crippen LogP contribution in [0, 0.1) is 0 Å². The average molecular weight is 845 g/mol. The smallest absolute Gasteiger partial charge is 0.333 e. The molecular weight excluding hydrogens is 775 g/mol. The lowest BCUT2D eigenvalue weighted by Gasteiger charge is -2.42. The van der Waals surface area contributed by atoms with Crippen molar-refractivity contribution in [2.45, 2.75) is 157 Å². The van der Waals surface area contributed by atoms with E-state index >= 15 is 0 Å². The van der Waals surface area contributed by atoms with E-state index in [1.54, 1.807) is 0 Å². The van der Waals surface area contributed by atoms with Gasteiger partial charge in [-0.05, 0) is 137 Å². The highest BCUT2D eigenvalue weighted by molar-refractivity contribution is 6.90. The summed E-state index contributed by atoms with van der Waals surface area (Å²) in [5.41, 5.74) is 21.1. The van der Waals surface area contributed by atoms with Gasteiger partial charge in [-0.1, -0.05) is 155 Å². The monoisotopic (exact) mass is 845 g/mol. The van der Waals surface area contributed by atoms with Crippen molar-refractivity contribution in [1.82, 2.24) is 4.48 Å². The molecule has 0 aliphatic carbocycles. The minimum atomic E-state index is -0.0885. The molecule has 0 radical (unpaired) electrons. The van der Waals surface area contributed by atoms with Crippen molar-refractivity contribution in [2.24, 2.45) is 0 Å². The molecule has 2 aliphatic rings. The zero-order valence-corrected chi connectivity index (χ0v) is 42.0. The first-order valence-electron chi connectivity index (χ1n) is 23.8. The van der Waals surface area contributed by atoms with Crippen LogP contribution in [0.2, 0.25) is 0 Å². The summed E-state index contributed by atoms with van der Waals surface area (Å²) in [6.45, 7) is 42.1. The van der Waals surface area contributed by atoms with E-state index in [-0.39, 0.29) is 39.3 Å². The lowest BCUT2D eigenvalue weighted by Crippen LogP contribution is -2.56. The molecule has 0 fully saturated rings. The Hall–Kier alpha value is -5.22. The van der Waals surface area contributed by atoms with Gasteiger partial charge in [0.2, 0.25) is 0 Å². The minimum absolute atomic E-state index is 0.00450. The largest absolute Gasteiger partial charge is 0.455 e. The molecule has 0 atom stereocenters. The summed E-state index contributed by atoms with van der Waals surface area (Å²) >= 11 is 0. The van der Waals surface area contributed by atoms with Crippen LogP contribution in [-0.2, 0) is 32.5 Å². The zero-order chi connectivity index (χ0) is 46.2. The number of rotatable bonds is 1. The molecule has 3 nitrogen and oxygen atoms in total. The first-order valence-corrected chi connectivity index (χ1v) is 23.8. The second kappa shape index (κ2) is 13.2. The molecule has 2 aliphatic heterocycles. The highest BCUT2D eigenvalue weighted by Gasteiger charge is 2.45. The van der Waals surface area contributed by atoms with E-state index < -0.39 is 0 Å². The van der Waals surface area contributed by atoms with Gasteiger partial charge in [0.25, 0.3) is 0 Å². The van der Waals surface area contributed by atoms with E-state index in [2.05, 4.69) is 225 Å². The van der Waals surface area contributed by atoms with E-state index in [4.69, 9.17) is 4.42 Å². The van der Waals surface area contributed by atoms with Crippen LogP contribution in [0.1, 0.15) is 158 Å². The van der Waals surface area contributed by atoms with Crippen LogP contribution in [0.3, 0.4) is 0 Å². The number of benzene rings is 6. The summed E-state index contributed by atoms with van der Waals surface area (Å²) < 4.78 is 10.0. The van der Waals surface area contributed by atoms with E-state index in [1.807, 2.05) is 0 Å². The summed E-state index contributed by atoms with van der Waals surface area (Å²) in [5.74, 6) is 0. The third-order valence-corrected chi connectivity index (χ3v) is 14.7. The number of hydrogen-bond acceptors (Lipinski definition) is 2. The predicted octanol–water partition coefficient (Wildman–Crippen LogP) is 15.9. The maximum atomic E-state index is 7.29. The van der Waals surface area contributed by atoms with Gasteiger partial charge >= 0.3 is 6.85 Å². The lowest BCUT2D eigenvalue weighted by atomic mass is 9.44. The lowest BCUT2D eigenvalue weighted by molar-refractivity contribution is 0.568. The Bertz CT molecular complexity index is 3240. The third kappa shape index (κ3) is 6.43. The van der Waals surface area contributed by atoms with Crippen LogP contribution >= 0.6 is 0 Å². The van der Waals surface area contributed by atoms with Crippen molar-refractivity contribution in [1.29, 1.82) is 0 Å². The molecule has 0 saturated heterocycles. The van der Waals surface area contributed by atoms with Gasteiger partial charge in [-0.2, -0.15) is 0 Å². The van der Waals surface area contributed by atoms with E-state index in [0.29, 0.717) is 0 Å². The molecule has 0 unspecified atom stereocenters. The molecule has 328 valence electrons. The van der Waals surface area contributed by atoms with Crippen LogP contribution in [0.25, 0.3) is 54.9 Å². The molecule has 0 amide bonds. The maximum absolute atomic E-state index is 7.29. The number of nitrogens with zero attached hydrogens (tertiary/aromatic N) is 2. The maximum Gasteiger partial charge on any atom is 0.333 e. The summed E-state index contributed by atoms with van der Waals surface area (Å²) in [6, 6.07) is 36.5. The zero-order valence-electron chi connectivity index (χ0n) is 42.0. The standard InChI is InChI=1S/C60H69BN2O/c1-55(2,3)34-20-23-47-41(28-34)43-30-39(60(16,17)18)31-45-51-52-49(33-44-42-29-35(56(4,5)6)21-24-50(42)64-54(44)51)62(40-26-37(58(10,11)12)25-38(27-40)59(13,14)15)48-32-36(57(7,8)9)19-22-46(48)61(52)63(47)53(43)45/h19-33H,1-18H3. The second-order valence-corrected chi connectivity index (χ2v) is 25.7. The molecule has 8 aromatic rings. The molecule has 64 heavy (non-hydrogen) atoms. The quantitative estimate of drug-likeness (QED) is 0.154. The molecule has 4 heterocycles. The number of anilines is 3. The van der Waals surface area contributed by atoms with Crippen LogP contribution in [0.5, 0.6) is 0 Å². The predicted molar refractivity (Wildman–Crippen MR) is 279 cm³/mol. The SMILES string of the molecule is CC(C)(C)c1cc(N2c3cc(C(C)(C)C)ccc3B3c4c2cc2c(oc5ccc(C(C)(C)C)cc52)c4-c2cc(C(C)(C)C)cc4c5cc(C(C)(C)C)ccc5n3c24)cc(C(C)(C)C)c1. The molecule has 6 aromatic carbocycles. The number of hydrogen-bond donors (Lipinski definition) is 0. The fraction of sp³-hybridized carbons (Fsp3) is 0.400. The molecule has 0 N–H and O–H groups in total. The Labute approximate surface area is 383 Å². The van der Waals surface area contributed by atoms with Crippen LogP contribution in [0.4, 0.5) is 17.1 Å². The Morgan fingerprint density at radius 2 is 0.922 bits per heavy atom. The Balaban J connectivity index is 1.46. The van der Waals surface area contributed by atoms with Crippen molar-refractivity contribution in [3.05, 3.63) is 124 Å². The Morgan fingerprint density at radius 1 is 0.422 bits per heavy atom. The fourth-order valence-corrected chi connectivity index (χ4v) is 10.5. The third-order valence-electron chi connectivity index (χ3n) is 14.7. The summed E-state index contributed by atoms with van der Waals surface area (Å²) in [7, 11) is 0. The summed E-state index contributed by atoms with van der Waals surface area (Å²) in [4.78, 5) is 2.65. The Kier molecular flexibility index (Phi) is 8.81. The van der Waals surface area contributed by atoms with E-state index in [1.165, 1.54) is 105 Å². The highest BCUT2D eigenvalue weighted by atomic mass is 16.3. The number of aromatic nitrogens is 1. The van der Waals surface area contributed by atoms with Crippen LogP contribution in [0.15, 0.2) is 95.4 Å². The Morgan fingerprint density at radius 3 is 1.50 bits per heavy atom. The van der Waals surface area contributed by atoms with Gasteiger partial charge in [0, 0.05) is 60.8 Å².